The van der Waals surface area contributed by atoms with Crippen LogP contribution in [0, 0.1) is 0 Å². The second-order valence-corrected chi connectivity index (χ2v) is 15.0. The molecule has 0 amide bonds. The SMILES string of the molecule is CC1(C)c2ccccc2-c2cc(-c3ccc(N(c4ccc5c(c4)oc4ccccc45)c4cccc5c4c4ccccc4n5-c4ccccc4)cc3)ccc21. The summed E-state index contributed by atoms with van der Waals surface area (Å²) in [7, 11) is 0. The van der Waals surface area contributed by atoms with Gasteiger partial charge < -0.3 is 13.9 Å². The number of hydrogen-bond donors (Lipinski definition) is 0. The molecule has 11 rings (SSSR count). The summed E-state index contributed by atoms with van der Waals surface area (Å²) in [6.45, 7) is 4.67. The van der Waals surface area contributed by atoms with Gasteiger partial charge in [0, 0.05) is 50.1 Å². The number of fused-ring (bicyclic) bond motifs is 9. The van der Waals surface area contributed by atoms with Gasteiger partial charge in [0.1, 0.15) is 11.2 Å². The first-order valence-corrected chi connectivity index (χ1v) is 18.7. The smallest absolute Gasteiger partial charge is 0.137 e. The van der Waals surface area contributed by atoms with Crippen LogP contribution >= 0.6 is 0 Å². The number of hydrogen-bond acceptors (Lipinski definition) is 2. The van der Waals surface area contributed by atoms with E-state index in [4.69, 9.17) is 4.42 Å². The number of anilines is 3. The van der Waals surface area contributed by atoms with Crippen molar-refractivity contribution in [2.45, 2.75) is 19.3 Å². The molecule has 3 heteroatoms. The number of para-hydroxylation sites is 3. The Hall–Kier alpha value is -6.84. The highest BCUT2D eigenvalue weighted by atomic mass is 16.3. The highest BCUT2D eigenvalue weighted by molar-refractivity contribution is 6.17. The molecule has 0 atom stereocenters. The molecule has 0 unspecified atom stereocenters. The Morgan fingerprint density at radius 3 is 2.00 bits per heavy atom. The van der Waals surface area contributed by atoms with Crippen LogP contribution in [0.15, 0.2) is 186 Å². The molecule has 0 aliphatic heterocycles. The average Bonchev–Trinajstić information content (AvgIpc) is 3.84. The van der Waals surface area contributed by atoms with Crippen LogP contribution in [0.25, 0.3) is 71.7 Å². The lowest BCUT2D eigenvalue weighted by atomic mass is 9.82. The van der Waals surface area contributed by atoms with E-state index in [9.17, 15) is 0 Å². The van der Waals surface area contributed by atoms with Crippen molar-refractivity contribution in [3.8, 4) is 27.9 Å². The topological polar surface area (TPSA) is 21.3 Å². The fraction of sp³-hybridized carbons (Fsp3) is 0.0588. The van der Waals surface area contributed by atoms with E-state index < -0.39 is 0 Å². The molecule has 0 N–H and O–H groups in total. The monoisotopic (exact) mass is 692 g/mol. The molecule has 0 saturated carbocycles. The number of benzene rings is 8. The van der Waals surface area contributed by atoms with Crippen LogP contribution in [-0.4, -0.2) is 4.57 Å². The van der Waals surface area contributed by atoms with Crippen molar-refractivity contribution in [1.82, 2.24) is 4.57 Å². The van der Waals surface area contributed by atoms with Gasteiger partial charge in [0.2, 0.25) is 0 Å². The predicted octanol–water partition coefficient (Wildman–Crippen LogP) is 14.1. The van der Waals surface area contributed by atoms with Crippen molar-refractivity contribution < 1.29 is 4.42 Å². The molecule has 0 fully saturated rings. The molecule has 0 radical (unpaired) electrons. The van der Waals surface area contributed by atoms with E-state index in [2.05, 4.69) is 193 Å². The Labute approximate surface area is 314 Å². The highest BCUT2D eigenvalue weighted by Crippen LogP contribution is 2.50. The average molecular weight is 693 g/mol. The number of rotatable bonds is 5. The van der Waals surface area contributed by atoms with Crippen LogP contribution in [0.3, 0.4) is 0 Å². The molecule has 0 bridgehead atoms. The van der Waals surface area contributed by atoms with Crippen molar-refractivity contribution >= 4 is 60.8 Å². The van der Waals surface area contributed by atoms with Crippen molar-refractivity contribution in [2.24, 2.45) is 0 Å². The molecular formula is C51H36N2O. The summed E-state index contributed by atoms with van der Waals surface area (Å²) in [6.07, 6.45) is 0. The Kier molecular flexibility index (Phi) is 6.60. The minimum atomic E-state index is -0.0135. The quantitative estimate of drug-likeness (QED) is 0.179. The lowest BCUT2D eigenvalue weighted by molar-refractivity contribution is 0.660. The third-order valence-corrected chi connectivity index (χ3v) is 11.6. The van der Waals surface area contributed by atoms with Gasteiger partial charge in [-0.15, -0.1) is 0 Å². The molecule has 54 heavy (non-hydrogen) atoms. The maximum absolute atomic E-state index is 6.46. The Balaban J connectivity index is 1.11. The Bertz CT molecular complexity index is 3070. The Morgan fingerprint density at radius 1 is 0.463 bits per heavy atom. The van der Waals surface area contributed by atoms with E-state index in [0.29, 0.717) is 0 Å². The zero-order chi connectivity index (χ0) is 36.0. The molecule has 0 saturated heterocycles. The summed E-state index contributed by atoms with van der Waals surface area (Å²) < 4.78 is 8.84. The minimum absolute atomic E-state index is 0.0135. The van der Waals surface area contributed by atoms with Crippen LogP contribution < -0.4 is 4.90 Å². The van der Waals surface area contributed by atoms with Gasteiger partial charge in [0.15, 0.2) is 0 Å². The summed E-state index contributed by atoms with van der Waals surface area (Å²) in [6, 6.07) is 65.9. The van der Waals surface area contributed by atoms with E-state index in [-0.39, 0.29) is 5.41 Å². The van der Waals surface area contributed by atoms with Gasteiger partial charge in [-0.1, -0.05) is 123 Å². The van der Waals surface area contributed by atoms with Gasteiger partial charge in [-0.3, -0.25) is 0 Å². The lowest BCUT2D eigenvalue weighted by Crippen LogP contribution is -2.14. The van der Waals surface area contributed by atoms with Crippen LogP contribution in [-0.2, 0) is 5.41 Å². The third kappa shape index (κ3) is 4.48. The molecule has 10 aromatic rings. The second-order valence-electron chi connectivity index (χ2n) is 15.0. The fourth-order valence-corrected chi connectivity index (χ4v) is 9.03. The molecule has 1 aliphatic rings. The first-order chi connectivity index (χ1) is 26.5. The normalized spacial score (nSPS) is 13.1. The molecular weight excluding hydrogens is 657 g/mol. The summed E-state index contributed by atoms with van der Waals surface area (Å²) in [4.78, 5) is 2.39. The van der Waals surface area contributed by atoms with E-state index >= 15 is 0 Å². The summed E-state index contributed by atoms with van der Waals surface area (Å²) in [5.41, 5.74) is 16.3. The summed E-state index contributed by atoms with van der Waals surface area (Å²) in [5.74, 6) is 0. The van der Waals surface area contributed by atoms with Crippen LogP contribution in [0.1, 0.15) is 25.0 Å². The largest absolute Gasteiger partial charge is 0.456 e. The molecule has 3 nitrogen and oxygen atoms in total. The summed E-state index contributed by atoms with van der Waals surface area (Å²) >= 11 is 0. The van der Waals surface area contributed by atoms with E-state index in [1.165, 1.54) is 49.7 Å². The van der Waals surface area contributed by atoms with Crippen molar-refractivity contribution in [1.29, 1.82) is 0 Å². The van der Waals surface area contributed by atoms with Gasteiger partial charge in [0.05, 0.1) is 16.7 Å². The van der Waals surface area contributed by atoms with Gasteiger partial charge >= 0.3 is 0 Å². The first-order valence-electron chi connectivity index (χ1n) is 18.7. The number of aromatic nitrogens is 1. The number of nitrogens with zero attached hydrogens (tertiary/aromatic N) is 2. The van der Waals surface area contributed by atoms with Gasteiger partial charge in [-0.05, 0) is 100 Å². The Morgan fingerprint density at radius 2 is 1.13 bits per heavy atom. The molecule has 256 valence electrons. The third-order valence-electron chi connectivity index (χ3n) is 11.6. The fourth-order valence-electron chi connectivity index (χ4n) is 9.03. The molecule has 1 aliphatic carbocycles. The van der Waals surface area contributed by atoms with E-state index in [1.54, 1.807) is 0 Å². The lowest BCUT2D eigenvalue weighted by Gasteiger charge is -2.27. The van der Waals surface area contributed by atoms with E-state index in [1.807, 2.05) is 12.1 Å². The zero-order valence-corrected chi connectivity index (χ0v) is 30.1. The van der Waals surface area contributed by atoms with Crippen molar-refractivity contribution in [2.75, 3.05) is 4.90 Å². The first kappa shape index (κ1) is 30.8. The van der Waals surface area contributed by atoms with Crippen molar-refractivity contribution in [3.63, 3.8) is 0 Å². The van der Waals surface area contributed by atoms with Crippen molar-refractivity contribution in [3.05, 3.63) is 193 Å². The zero-order valence-electron chi connectivity index (χ0n) is 30.1. The molecule has 2 heterocycles. The van der Waals surface area contributed by atoms with Gasteiger partial charge in [-0.2, -0.15) is 0 Å². The second kappa shape index (κ2) is 11.6. The van der Waals surface area contributed by atoms with Gasteiger partial charge in [0.25, 0.3) is 0 Å². The molecule has 8 aromatic carbocycles. The van der Waals surface area contributed by atoms with Crippen LogP contribution in [0.5, 0.6) is 0 Å². The maximum Gasteiger partial charge on any atom is 0.137 e. The van der Waals surface area contributed by atoms with Crippen LogP contribution in [0.2, 0.25) is 0 Å². The number of furan rings is 1. The molecule has 0 spiro atoms. The molecule has 2 aromatic heterocycles. The van der Waals surface area contributed by atoms with Gasteiger partial charge in [-0.25, -0.2) is 0 Å². The van der Waals surface area contributed by atoms with Crippen LogP contribution in [0.4, 0.5) is 17.1 Å². The minimum Gasteiger partial charge on any atom is -0.456 e. The standard InChI is InChI=1S/C51H36N2O/c1-51(2)43-18-9-6-15-38(43)42-31-34(25-30-44(42)51)33-23-26-36(27-24-33)52(37-28-29-40-39-16-8-11-22-48(39)54-49(40)32-37)46-20-12-21-47-50(46)41-17-7-10-19-45(41)53(47)35-13-4-3-5-14-35/h3-32H,1-2H3. The summed E-state index contributed by atoms with van der Waals surface area (Å²) in [5, 5.41) is 4.65. The van der Waals surface area contributed by atoms with E-state index in [0.717, 1.165) is 50.2 Å². The highest BCUT2D eigenvalue weighted by Gasteiger charge is 2.35. The maximum atomic E-state index is 6.46. The predicted molar refractivity (Wildman–Crippen MR) is 226 cm³/mol.